The summed E-state index contributed by atoms with van der Waals surface area (Å²) in [6, 6.07) is 0. The van der Waals surface area contributed by atoms with Crippen LogP contribution in [0.2, 0.25) is 0 Å². The van der Waals surface area contributed by atoms with Crippen LogP contribution in [0.15, 0.2) is 0 Å². The molecule has 0 spiro atoms. The summed E-state index contributed by atoms with van der Waals surface area (Å²) in [6.45, 7) is 14.4. The Hall–Kier alpha value is -1.49. The molecule has 0 unspecified atom stereocenters. The molecule has 0 aliphatic carbocycles. The van der Waals surface area contributed by atoms with Crippen molar-refractivity contribution in [2.75, 3.05) is 19.5 Å². The maximum Gasteiger partial charge on any atom is 0.222 e. The molecule has 0 aliphatic heterocycles. The Kier molecular flexibility index (Phi) is 17.4. The molecular weight excluding hydrogens is 242 g/mol. The van der Waals surface area contributed by atoms with Gasteiger partial charge in [0, 0.05) is 25.5 Å². The van der Waals surface area contributed by atoms with E-state index in [9.17, 15) is 0 Å². The molecule has 0 aromatic carbocycles. The van der Waals surface area contributed by atoms with Gasteiger partial charge < -0.3 is 15.2 Å². The topological polar surface area (TPSA) is 75.1 Å². The van der Waals surface area contributed by atoms with Gasteiger partial charge >= 0.3 is 0 Å². The van der Waals surface area contributed by atoms with Crippen molar-refractivity contribution >= 4 is 12.7 Å². The molecule has 0 saturated carbocycles. The molecule has 2 N–H and O–H groups in total. The number of hydrogen-bond donors (Lipinski definition) is 2. The number of nitrogens with one attached hydrogen (secondary N) is 1. The summed E-state index contributed by atoms with van der Waals surface area (Å²) in [5, 5.41) is 9.95. The van der Waals surface area contributed by atoms with Crippen molar-refractivity contribution in [3.8, 4) is 0 Å². The van der Waals surface area contributed by atoms with Gasteiger partial charge in [-0.05, 0) is 25.3 Å². The standard InChI is InChI=1S/C10H17N3.C2H6.CH4O.CH2O/c1-6(2)9-7(3)12-10(11-5)13-8(9)4;3*1-2/h6H,1-5H3,(H,11,12,13);1-2H3;2H,1H3;1H2. The SMILES string of the molecule is C=O.CC.CNc1nc(C)c(C(C)C)c(C)n1.CO. The van der Waals surface area contributed by atoms with Crippen molar-refractivity contribution in [1.29, 1.82) is 0 Å². The first kappa shape index (κ1) is 22.7. The summed E-state index contributed by atoms with van der Waals surface area (Å²) < 4.78 is 0. The Balaban J connectivity index is -0.000000375. The van der Waals surface area contributed by atoms with Crippen LogP contribution in [0.5, 0.6) is 0 Å². The second kappa shape index (κ2) is 14.6. The third-order valence-corrected chi connectivity index (χ3v) is 2.13. The number of aliphatic hydroxyl groups excluding tert-OH is 1. The van der Waals surface area contributed by atoms with Gasteiger partial charge in [0.15, 0.2) is 0 Å². The van der Waals surface area contributed by atoms with Gasteiger partial charge in [-0.3, -0.25) is 0 Å². The van der Waals surface area contributed by atoms with Crippen LogP contribution in [-0.2, 0) is 4.79 Å². The first-order chi connectivity index (χ1) is 9.06. The van der Waals surface area contributed by atoms with E-state index in [-0.39, 0.29) is 0 Å². The van der Waals surface area contributed by atoms with Gasteiger partial charge in [-0.15, -0.1) is 0 Å². The van der Waals surface area contributed by atoms with Gasteiger partial charge in [0.2, 0.25) is 5.95 Å². The number of anilines is 1. The van der Waals surface area contributed by atoms with E-state index in [2.05, 4.69) is 29.1 Å². The molecule has 0 bridgehead atoms. The van der Waals surface area contributed by atoms with Crippen LogP contribution in [0.3, 0.4) is 0 Å². The van der Waals surface area contributed by atoms with Gasteiger partial charge in [-0.25, -0.2) is 9.97 Å². The van der Waals surface area contributed by atoms with E-state index in [1.54, 1.807) is 0 Å². The van der Waals surface area contributed by atoms with Crippen LogP contribution >= 0.6 is 0 Å². The Morgan fingerprint density at radius 2 is 1.37 bits per heavy atom. The van der Waals surface area contributed by atoms with Crippen molar-refractivity contribution in [3.05, 3.63) is 17.0 Å². The molecule has 0 fully saturated rings. The van der Waals surface area contributed by atoms with Crippen molar-refractivity contribution < 1.29 is 9.90 Å². The normalized spacial score (nSPS) is 8.11. The van der Waals surface area contributed by atoms with Gasteiger partial charge in [-0.1, -0.05) is 27.7 Å². The maximum absolute atomic E-state index is 8.00. The summed E-state index contributed by atoms with van der Waals surface area (Å²) in [4.78, 5) is 16.7. The smallest absolute Gasteiger partial charge is 0.222 e. The number of carbonyl (C=O) groups excluding carboxylic acids is 1. The highest BCUT2D eigenvalue weighted by atomic mass is 16.2. The zero-order chi connectivity index (χ0) is 16.0. The number of aliphatic hydroxyl groups is 1. The minimum atomic E-state index is 0.492. The molecule has 0 saturated heterocycles. The first-order valence-electron chi connectivity index (χ1n) is 6.32. The third kappa shape index (κ3) is 8.26. The van der Waals surface area contributed by atoms with Gasteiger partial charge in [0.25, 0.3) is 0 Å². The predicted molar refractivity (Wildman–Crippen MR) is 81.8 cm³/mol. The molecule has 0 atom stereocenters. The lowest BCUT2D eigenvalue weighted by Crippen LogP contribution is -2.06. The first-order valence-corrected chi connectivity index (χ1v) is 6.32. The third-order valence-electron chi connectivity index (χ3n) is 2.13. The largest absolute Gasteiger partial charge is 0.400 e. The Bertz CT molecular complexity index is 305. The van der Waals surface area contributed by atoms with E-state index in [1.807, 2.05) is 41.5 Å². The fraction of sp³-hybridized carbons (Fsp3) is 0.643. The van der Waals surface area contributed by atoms with Gasteiger partial charge in [0.05, 0.1) is 0 Å². The maximum atomic E-state index is 8.00. The van der Waals surface area contributed by atoms with Crippen LogP contribution in [0.25, 0.3) is 0 Å². The van der Waals surface area contributed by atoms with E-state index in [0.29, 0.717) is 11.9 Å². The van der Waals surface area contributed by atoms with E-state index in [1.165, 1.54) is 5.56 Å². The predicted octanol–water partition coefficient (Wildman–Crippen LogP) is 2.71. The minimum absolute atomic E-state index is 0.492. The second-order valence-electron chi connectivity index (χ2n) is 3.54. The highest BCUT2D eigenvalue weighted by Crippen LogP contribution is 2.21. The lowest BCUT2D eigenvalue weighted by Gasteiger charge is -2.12. The second-order valence-corrected chi connectivity index (χ2v) is 3.54. The Morgan fingerprint density at radius 3 is 1.58 bits per heavy atom. The number of rotatable bonds is 2. The monoisotopic (exact) mass is 271 g/mol. The molecule has 1 aromatic rings. The fourth-order valence-corrected chi connectivity index (χ4v) is 1.67. The molecular formula is C14H29N3O2. The zero-order valence-electron chi connectivity index (χ0n) is 13.5. The lowest BCUT2D eigenvalue weighted by molar-refractivity contribution is -0.0979. The summed E-state index contributed by atoms with van der Waals surface area (Å²) in [6.07, 6.45) is 0. The number of aromatic nitrogens is 2. The van der Waals surface area contributed by atoms with Crippen LogP contribution in [-0.4, -0.2) is 36.0 Å². The summed E-state index contributed by atoms with van der Waals surface area (Å²) >= 11 is 0. The molecule has 5 heteroatoms. The molecule has 19 heavy (non-hydrogen) atoms. The molecule has 1 aromatic heterocycles. The minimum Gasteiger partial charge on any atom is -0.400 e. The molecule has 112 valence electrons. The summed E-state index contributed by atoms with van der Waals surface area (Å²) in [7, 11) is 2.84. The van der Waals surface area contributed by atoms with Gasteiger partial charge in [-0.2, -0.15) is 0 Å². The molecule has 1 heterocycles. The van der Waals surface area contributed by atoms with Crippen LogP contribution in [0.1, 0.15) is 50.6 Å². The van der Waals surface area contributed by atoms with E-state index >= 15 is 0 Å². The van der Waals surface area contributed by atoms with E-state index < -0.39 is 0 Å². The molecule has 0 radical (unpaired) electrons. The Labute approximate surface area is 117 Å². The number of nitrogens with zero attached hydrogens (tertiary/aromatic N) is 2. The van der Waals surface area contributed by atoms with Crippen LogP contribution in [0.4, 0.5) is 5.95 Å². The van der Waals surface area contributed by atoms with Crippen LogP contribution < -0.4 is 5.32 Å². The van der Waals surface area contributed by atoms with Crippen LogP contribution in [0, 0.1) is 13.8 Å². The average molecular weight is 271 g/mol. The number of aryl methyl sites for hydroxylation is 2. The molecule has 1 rings (SSSR count). The fourth-order valence-electron chi connectivity index (χ4n) is 1.67. The van der Waals surface area contributed by atoms with Crippen molar-refractivity contribution in [3.63, 3.8) is 0 Å². The average Bonchev–Trinajstić information content (AvgIpc) is 2.44. The summed E-state index contributed by atoms with van der Waals surface area (Å²) in [5.41, 5.74) is 3.41. The zero-order valence-corrected chi connectivity index (χ0v) is 13.5. The Morgan fingerprint density at radius 1 is 1.05 bits per heavy atom. The van der Waals surface area contributed by atoms with E-state index in [0.717, 1.165) is 18.5 Å². The van der Waals surface area contributed by atoms with E-state index in [4.69, 9.17) is 9.90 Å². The van der Waals surface area contributed by atoms with Gasteiger partial charge in [0.1, 0.15) is 6.79 Å². The molecule has 0 aliphatic rings. The molecule has 0 amide bonds. The number of hydrogen-bond acceptors (Lipinski definition) is 5. The molecule has 5 nitrogen and oxygen atoms in total. The van der Waals surface area contributed by atoms with Crippen molar-refractivity contribution in [2.45, 2.75) is 47.5 Å². The highest BCUT2D eigenvalue weighted by molar-refractivity contribution is 5.34. The highest BCUT2D eigenvalue weighted by Gasteiger charge is 2.10. The summed E-state index contributed by atoms with van der Waals surface area (Å²) in [5.74, 6) is 1.20. The van der Waals surface area contributed by atoms with Crippen molar-refractivity contribution in [2.24, 2.45) is 0 Å². The lowest BCUT2D eigenvalue weighted by atomic mass is 10.0. The van der Waals surface area contributed by atoms with Crippen molar-refractivity contribution in [1.82, 2.24) is 9.97 Å². The number of carbonyl (C=O) groups is 1. The quantitative estimate of drug-likeness (QED) is 0.865.